The van der Waals surface area contributed by atoms with Gasteiger partial charge in [0, 0.05) is 25.6 Å². The molecule has 5 nitrogen and oxygen atoms in total. The minimum Gasteiger partial charge on any atom is -0.354 e. The molecule has 2 aliphatic heterocycles. The van der Waals surface area contributed by atoms with Crippen LogP contribution < -0.4 is 10.6 Å². The molecule has 3 aliphatic rings. The summed E-state index contributed by atoms with van der Waals surface area (Å²) >= 11 is 0. The standard InChI is InChI=1S/C21H27F2N3O2/c22-17-6-1-5-14(19(17)23)15-10-16(15)21(28)26-9-3-4-13(12-26)11-25-20(27)18-7-2-8-24-18/h1,5-6,13,15-16,18,24H,2-4,7-12H2,(H,25,27). The largest absolute Gasteiger partial charge is 0.354 e. The zero-order valence-corrected chi connectivity index (χ0v) is 15.9. The van der Waals surface area contributed by atoms with Crippen molar-refractivity contribution in [2.24, 2.45) is 11.8 Å². The zero-order valence-electron chi connectivity index (χ0n) is 15.9. The number of rotatable bonds is 5. The second-order valence-electron chi connectivity index (χ2n) is 8.28. The smallest absolute Gasteiger partial charge is 0.237 e. The summed E-state index contributed by atoms with van der Waals surface area (Å²) in [6.07, 6.45) is 4.36. The number of carbonyl (C=O) groups is 2. The van der Waals surface area contributed by atoms with Crippen LogP contribution in [0.5, 0.6) is 0 Å². The van der Waals surface area contributed by atoms with Crippen molar-refractivity contribution in [3.05, 3.63) is 35.4 Å². The van der Waals surface area contributed by atoms with Crippen LogP contribution in [-0.4, -0.2) is 48.9 Å². The Hall–Kier alpha value is -2.02. The first-order chi connectivity index (χ1) is 13.5. The topological polar surface area (TPSA) is 61.4 Å². The molecule has 1 saturated carbocycles. The lowest BCUT2D eigenvalue weighted by atomic mass is 9.97. The summed E-state index contributed by atoms with van der Waals surface area (Å²) in [5, 5.41) is 6.21. The first-order valence-electron chi connectivity index (χ1n) is 10.3. The average Bonchev–Trinajstić information content (AvgIpc) is 3.30. The van der Waals surface area contributed by atoms with E-state index in [0.717, 1.165) is 38.3 Å². The minimum atomic E-state index is -0.860. The molecule has 1 aliphatic carbocycles. The van der Waals surface area contributed by atoms with E-state index in [1.54, 1.807) is 6.07 Å². The Morgan fingerprint density at radius 1 is 1.21 bits per heavy atom. The Balaban J connectivity index is 1.29. The molecular weight excluding hydrogens is 364 g/mol. The summed E-state index contributed by atoms with van der Waals surface area (Å²) < 4.78 is 27.4. The van der Waals surface area contributed by atoms with Crippen molar-refractivity contribution in [1.29, 1.82) is 0 Å². The predicted molar refractivity (Wildman–Crippen MR) is 101 cm³/mol. The molecule has 2 heterocycles. The van der Waals surface area contributed by atoms with E-state index in [-0.39, 0.29) is 35.6 Å². The fourth-order valence-electron chi connectivity index (χ4n) is 4.56. The highest BCUT2D eigenvalue weighted by molar-refractivity contribution is 5.83. The average molecular weight is 391 g/mol. The van der Waals surface area contributed by atoms with Crippen molar-refractivity contribution in [2.75, 3.05) is 26.2 Å². The third kappa shape index (κ3) is 4.04. The molecular formula is C21H27F2N3O2. The molecule has 0 aromatic heterocycles. The van der Waals surface area contributed by atoms with Gasteiger partial charge < -0.3 is 15.5 Å². The van der Waals surface area contributed by atoms with Crippen LogP contribution in [0.15, 0.2) is 18.2 Å². The summed E-state index contributed by atoms with van der Waals surface area (Å²) in [6, 6.07) is 4.08. The summed E-state index contributed by atoms with van der Waals surface area (Å²) in [7, 11) is 0. The van der Waals surface area contributed by atoms with Crippen LogP contribution in [0.25, 0.3) is 0 Å². The van der Waals surface area contributed by atoms with Crippen LogP contribution in [0.2, 0.25) is 0 Å². The van der Waals surface area contributed by atoms with E-state index >= 15 is 0 Å². The molecule has 28 heavy (non-hydrogen) atoms. The summed E-state index contributed by atoms with van der Waals surface area (Å²) in [6.45, 7) is 2.78. The number of piperidine rings is 1. The molecule has 0 bridgehead atoms. The maximum Gasteiger partial charge on any atom is 0.237 e. The van der Waals surface area contributed by atoms with Crippen LogP contribution in [0, 0.1) is 23.5 Å². The Bertz CT molecular complexity index is 751. The normalized spacial score (nSPS) is 29.6. The fraction of sp³-hybridized carbons (Fsp3) is 0.619. The van der Waals surface area contributed by atoms with Gasteiger partial charge in [0.25, 0.3) is 0 Å². The van der Waals surface area contributed by atoms with Crippen LogP contribution >= 0.6 is 0 Å². The van der Waals surface area contributed by atoms with Gasteiger partial charge >= 0.3 is 0 Å². The van der Waals surface area contributed by atoms with Gasteiger partial charge in [-0.2, -0.15) is 0 Å². The fourth-order valence-corrected chi connectivity index (χ4v) is 4.56. The number of nitrogens with one attached hydrogen (secondary N) is 2. The molecule has 152 valence electrons. The van der Waals surface area contributed by atoms with Gasteiger partial charge in [-0.25, -0.2) is 8.78 Å². The lowest BCUT2D eigenvalue weighted by molar-refractivity contribution is -0.134. The van der Waals surface area contributed by atoms with Gasteiger partial charge in [-0.05, 0) is 62.1 Å². The Morgan fingerprint density at radius 3 is 2.86 bits per heavy atom. The highest BCUT2D eigenvalue weighted by Gasteiger charge is 2.47. The van der Waals surface area contributed by atoms with Gasteiger partial charge in [0.2, 0.25) is 11.8 Å². The minimum absolute atomic E-state index is 0.0298. The molecule has 7 heteroatoms. The van der Waals surface area contributed by atoms with E-state index in [0.29, 0.717) is 31.6 Å². The van der Waals surface area contributed by atoms with E-state index in [1.807, 2.05) is 4.90 Å². The number of benzene rings is 1. The molecule has 2 N–H and O–H groups in total. The molecule has 4 atom stereocenters. The SMILES string of the molecule is O=C(NCC1CCCN(C(=O)C2CC2c2cccc(F)c2F)C1)C1CCCN1. The second kappa shape index (κ2) is 8.15. The molecule has 0 spiro atoms. The number of halogens is 2. The van der Waals surface area contributed by atoms with Gasteiger partial charge in [0.15, 0.2) is 11.6 Å². The van der Waals surface area contributed by atoms with Crippen LogP contribution in [-0.2, 0) is 9.59 Å². The van der Waals surface area contributed by atoms with Crippen LogP contribution in [0.4, 0.5) is 8.78 Å². The molecule has 0 radical (unpaired) electrons. The highest BCUT2D eigenvalue weighted by Crippen LogP contribution is 2.49. The van der Waals surface area contributed by atoms with E-state index in [4.69, 9.17) is 0 Å². The third-order valence-electron chi connectivity index (χ3n) is 6.26. The molecule has 3 fully saturated rings. The molecule has 1 aromatic carbocycles. The van der Waals surface area contributed by atoms with Gasteiger partial charge in [-0.1, -0.05) is 12.1 Å². The summed E-state index contributed by atoms with van der Waals surface area (Å²) in [4.78, 5) is 26.8. The molecule has 4 rings (SSSR count). The van der Waals surface area contributed by atoms with Crippen molar-refractivity contribution < 1.29 is 18.4 Å². The van der Waals surface area contributed by atoms with Crippen molar-refractivity contribution in [3.63, 3.8) is 0 Å². The van der Waals surface area contributed by atoms with Gasteiger partial charge in [0.1, 0.15) is 0 Å². The van der Waals surface area contributed by atoms with Crippen molar-refractivity contribution in [2.45, 2.75) is 44.1 Å². The lowest BCUT2D eigenvalue weighted by Crippen LogP contribution is -2.47. The summed E-state index contributed by atoms with van der Waals surface area (Å²) in [5.74, 6) is -1.86. The van der Waals surface area contributed by atoms with E-state index in [1.165, 1.54) is 6.07 Å². The number of hydrogen-bond donors (Lipinski definition) is 2. The number of carbonyl (C=O) groups excluding carboxylic acids is 2. The molecule has 2 amide bonds. The van der Waals surface area contributed by atoms with E-state index in [2.05, 4.69) is 10.6 Å². The first kappa shape index (κ1) is 19.3. The lowest BCUT2D eigenvalue weighted by Gasteiger charge is -2.33. The van der Waals surface area contributed by atoms with Gasteiger partial charge in [0.05, 0.1) is 6.04 Å². The van der Waals surface area contributed by atoms with Crippen molar-refractivity contribution >= 4 is 11.8 Å². The van der Waals surface area contributed by atoms with Gasteiger partial charge in [-0.3, -0.25) is 9.59 Å². The number of nitrogens with zero attached hydrogens (tertiary/aromatic N) is 1. The van der Waals surface area contributed by atoms with Crippen LogP contribution in [0.3, 0.4) is 0 Å². The van der Waals surface area contributed by atoms with E-state index in [9.17, 15) is 18.4 Å². The molecule has 1 aromatic rings. The highest BCUT2D eigenvalue weighted by atomic mass is 19.2. The predicted octanol–water partition coefficient (Wildman–Crippen LogP) is 2.18. The Kier molecular flexibility index (Phi) is 5.62. The monoisotopic (exact) mass is 391 g/mol. The van der Waals surface area contributed by atoms with Crippen LogP contribution in [0.1, 0.15) is 43.6 Å². The quantitative estimate of drug-likeness (QED) is 0.809. The molecule has 4 unspecified atom stereocenters. The van der Waals surface area contributed by atoms with Crippen molar-refractivity contribution in [3.8, 4) is 0 Å². The number of amides is 2. The summed E-state index contributed by atoms with van der Waals surface area (Å²) in [5.41, 5.74) is 0.309. The first-order valence-corrected chi connectivity index (χ1v) is 10.3. The zero-order chi connectivity index (χ0) is 19.7. The third-order valence-corrected chi connectivity index (χ3v) is 6.26. The molecule has 2 saturated heterocycles. The van der Waals surface area contributed by atoms with Gasteiger partial charge in [-0.15, -0.1) is 0 Å². The van der Waals surface area contributed by atoms with E-state index < -0.39 is 11.6 Å². The van der Waals surface area contributed by atoms with Crippen molar-refractivity contribution in [1.82, 2.24) is 15.5 Å². The maximum atomic E-state index is 14.0. The Labute approximate surface area is 163 Å². The Morgan fingerprint density at radius 2 is 2.07 bits per heavy atom. The second-order valence-corrected chi connectivity index (χ2v) is 8.28. The number of likely N-dealkylation sites (tertiary alicyclic amines) is 1. The maximum absolute atomic E-state index is 14.0. The number of hydrogen-bond acceptors (Lipinski definition) is 3.